The lowest BCUT2D eigenvalue weighted by Crippen LogP contribution is -2.55. The lowest BCUT2D eigenvalue weighted by Gasteiger charge is -2.40. The van der Waals surface area contributed by atoms with Crippen LogP contribution in [0, 0.1) is 0 Å². The van der Waals surface area contributed by atoms with Gasteiger partial charge in [-0.15, -0.1) is 0 Å². The van der Waals surface area contributed by atoms with Gasteiger partial charge in [0.1, 0.15) is 5.75 Å². The van der Waals surface area contributed by atoms with Crippen LogP contribution in [0.1, 0.15) is 19.4 Å². The quantitative estimate of drug-likeness (QED) is 0.818. The van der Waals surface area contributed by atoms with Crippen LogP contribution < -0.4 is 14.5 Å². The van der Waals surface area contributed by atoms with Crippen LogP contribution in [-0.4, -0.2) is 56.2 Å². The molecule has 1 fully saturated rings. The summed E-state index contributed by atoms with van der Waals surface area (Å²) >= 11 is 0. The van der Waals surface area contributed by atoms with E-state index in [0.717, 1.165) is 49.7 Å². The molecule has 5 nitrogen and oxygen atoms in total. The zero-order valence-corrected chi connectivity index (χ0v) is 17.0. The number of para-hydroxylation sites is 3. The Morgan fingerprint density at radius 3 is 2.36 bits per heavy atom. The van der Waals surface area contributed by atoms with Gasteiger partial charge in [0.2, 0.25) is 5.91 Å². The molecule has 0 saturated carbocycles. The molecule has 0 radical (unpaired) electrons. The molecular formula is C23H29N3O2. The first-order valence-corrected chi connectivity index (χ1v) is 10.1. The first-order valence-electron chi connectivity index (χ1n) is 10.1. The standard InChI is InChI=1S/C23H29N3O2/c1-17-16-19-8-4-5-9-20(19)26(17)23(27)18(2)24-12-14-25(15-13-24)21-10-6-7-11-22(21)28-3/h4-11,17-18H,12-16H2,1-3H3/t17-,18+/m0/s1. The van der Waals surface area contributed by atoms with E-state index in [1.54, 1.807) is 7.11 Å². The fourth-order valence-electron chi connectivity index (χ4n) is 4.50. The Bertz CT molecular complexity index is 845. The number of fused-ring (bicyclic) bond motifs is 1. The van der Waals surface area contributed by atoms with Crippen molar-refractivity contribution in [3.63, 3.8) is 0 Å². The second-order valence-corrected chi connectivity index (χ2v) is 7.76. The topological polar surface area (TPSA) is 36.0 Å². The maximum atomic E-state index is 13.3. The molecule has 2 aromatic carbocycles. The number of hydrogen-bond donors (Lipinski definition) is 0. The SMILES string of the molecule is COc1ccccc1N1CCN([C@H](C)C(=O)N2c3ccccc3C[C@@H]2C)CC1. The number of amides is 1. The molecule has 2 aliphatic heterocycles. The van der Waals surface area contributed by atoms with E-state index in [1.807, 2.05) is 29.2 Å². The number of anilines is 2. The van der Waals surface area contributed by atoms with Crippen molar-refractivity contribution in [3.8, 4) is 5.75 Å². The Hall–Kier alpha value is -2.53. The molecule has 0 unspecified atom stereocenters. The number of rotatable bonds is 4. The third-order valence-electron chi connectivity index (χ3n) is 6.09. The van der Waals surface area contributed by atoms with E-state index >= 15 is 0 Å². The molecule has 148 valence electrons. The minimum Gasteiger partial charge on any atom is -0.495 e. The lowest BCUT2D eigenvalue weighted by molar-refractivity contribution is -0.123. The van der Waals surface area contributed by atoms with Crippen molar-refractivity contribution in [1.82, 2.24) is 4.90 Å². The number of carbonyl (C=O) groups is 1. The van der Waals surface area contributed by atoms with Gasteiger partial charge < -0.3 is 14.5 Å². The van der Waals surface area contributed by atoms with Crippen molar-refractivity contribution >= 4 is 17.3 Å². The molecule has 28 heavy (non-hydrogen) atoms. The molecule has 1 saturated heterocycles. The van der Waals surface area contributed by atoms with Crippen molar-refractivity contribution < 1.29 is 9.53 Å². The Labute approximate surface area is 167 Å². The van der Waals surface area contributed by atoms with E-state index in [9.17, 15) is 4.79 Å². The first kappa shape index (κ1) is 18.8. The Morgan fingerprint density at radius 2 is 1.64 bits per heavy atom. The molecule has 0 aliphatic carbocycles. The molecule has 0 bridgehead atoms. The molecule has 1 amide bonds. The highest BCUT2D eigenvalue weighted by Gasteiger charge is 2.36. The molecule has 0 N–H and O–H groups in total. The summed E-state index contributed by atoms with van der Waals surface area (Å²) in [7, 11) is 1.71. The number of carbonyl (C=O) groups excluding carboxylic acids is 1. The van der Waals surface area contributed by atoms with E-state index in [0.29, 0.717) is 0 Å². The summed E-state index contributed by atoms with van der Waals surface area (Å²) in [4.78, 5) is 20.0. The van der Waals surface area contributed by atoms with Gasteiger partial charge in [0.25, 0.3) is 0 Å². The van der Waals surface area contributed by atoms with Crippen molar-refractivity contribution in [2.45, 2.75) is 32.4 Å². The molecule has 2 atom stereocenters. The summed E-state index contributed by atoms with van der Waals surface area (Å²) in [5.74, 6) is 1.12. The van der Waals surface area contributed by atoms with Crippen LogP contribution in [0.5, 0.6) is 5.75 Å². The molecule has 0 aromatic heterocycles. The largest absolute Gasteiger partial charge is 0.495 e. The second kappa shape index (κ2) is 7.84. The number of hydrogen-bond acceptors (Lipinski definition) is 4. The summed E-state index contributed by atoms with van der Waals surface area (Å²) in [5, 5.41) is 0. The summed E-state index contributed by atoms with van der Waals surface area (Å²) in [5.41, 5.74) is 3.49. The van der Waals surface area contributed by atoms with Crippen LogP contribution in [0.3, 0.4) is 0 Å². The van der Waals surface area contributed by atoms with Gasteiger partial charge in [-0.2, -0.15) is 0 Å². The fraction of sp³-hybridized carbons (Fsp3) is 0.435. The number of methoxy groups -OCH3 is 1. The third-order valence-corrected chi connectivity index (χ3v) is 6.09. The van der Waals surface area contributed by atoms with E-state index in [2.05, 4.69) is 47.9 Å². The van der Waals surface area contributed by atoms with Crippen molar-refractivity contribution in [1.29, 1.82) is 0 Å². The number of benzene rings is 2. The highest BCUT2D eigenvalue weighted by Crippen LogP contribution is 2.33. The minimum atomic E-state index is -0.117. The first-order chi connectivity index (χ1) is 13.6. The van der Waals surface area contributed by atoms with Crippen LogP contribution in [0.15, 0.2) is 48.5 Å². The van der Waals surface area contributed by atoms with Crippen molar-refractivity contribution in [2.24, 2.45) is 0 Å². The van der Waals surface area contributed by atoms with Gasteiger partial charge in [0.05, 0.1) is 18.8 Å². The summed E-state index contributed by atoms with van der Waals surface area (Å²) in [6.07, 6.45) is 0.941. The summed E-state index contributed by atoms with van der Waals surface area (Å²) < 4.78 is 5.51. The normalized spacial score (nSPS) is 20.8. The highest BCUT2D eigenvalue weighted by molar-refractivity contribution is 5.99. The van der Waals surface area contributed by atoms with Crippen LogP contribution in [0.2, 0.25) is 0 Å². The van der Waals surface area contributed by atoms with Crippen LogP contribution in [0.25, 0.3) is 0 Å². The molecule has 2 aromatic rings. The maximum Gasteiger partial charge on any atom is 0.244 e. The molecule has 2 heterocycles. The van der Waals surface area contributed by atoms with Gasteiger partial charge in [0, 0.05) is 37.9 Å². The average molecular weight is 380 g/mol. The Kier molecular flexibility index (Phi) is 5.27. The van der Waals surface area contributed by atoms with E-state index in [4.69, 9.17) is 4.74 Å². The van der Waals surface area contributed by atoms with Crippen molar-refractivity contribution in [2.75, 3.05) is 43.1 Å². The summed E-state index contributed by atoms with van der Waals surface area (Å²) in [6.45, 7) is 7.72. The van der Waals surface area contributed by atoms with Gasteiger partial charge in [0.15, 0.2) is 0 Å². The van der Waals surface area contributed by atoms with E-state index in [1.165, 1.54) is 5.56 Å². The number of piperazine rings is 1. The van der Waals surface area contributed by atoms with E-state index in [-0.39, 0.29) is 18.0 Å². The predicted octanol–water partition coefficient (Wildman–Crippen LogP) is 3.18. The van der Waals surface area contributed by atoms with Gasteiger partial charge in [-0.3, -0.25) is 9.69 Å². The highest BCUT2D eigenvalue weighted by atomic mass is 16.5. The van der Waals surface area contributed by atoms with Crippen LogP contribution >= 0.6 is 0 Å². The van der Waals surface area contributed by atoms with Crippen molar-refractivity contribution in [3.05, 3.63) is 54.1 Å². The summed E-state index contributed by atoms with van der Waals surface area (Å²) in [6, 6.07) is 16.5. The van der Waals surface area contributed by atoms with Gasteiger partial charge in [-0.1, -0.05) is 30.3 Å². The van der Waals surface area contributed by atoms with Crippen LogP contribution in [0.4, 0.5) is 11.4 Å². The number of nitrogens with zero attached hydrogens (tertiary/aromatic N) is 3. The molecule has 2 aliphatic rings. The van der Waals surface area contributed by atoms with Gasteiger partial charge in [-0.25, -0.2) is 0 Å². The second-order valence-electron chi connectivity index (χ2n) is 7.76. The molecule has 4 rings (SSSR count). The van der Waals surface area contributed by atoms with E-state index < -0.39 is 0 Å². The smallest absolute Gasteiger partial charge is 0.244 e. The lowest BCUT2D eigenvalue weighted by atomic mass is 10.1. The number of ether oxygens (including phenoxy) is 1. The fourth-order valence-corrected chi connectivity index (χ4v) is 4.50. The third kappa shape index (κ3) is 3.35. The van der Waals surface area contributed by atoms with Crippen LogP contribution in [-0.2, 0) is 11.2 Å². The zero-order chi connectivity index (χ0) is 19.7. The predicted molar refractivity (Wildman–Crippen MR) is 113 cm³/mol. The minimum absolute atomic E-state index is 0.117. The molecular weight excluding hydrogens is 350 g/mol. The molecule has 5 heteroatoms. The maximum absolute atomic E-state index is 13.3. The Morgan fingerprint density at radius 1 is 1.00 bits per heavy atom. The van der Waals surface area contributed by atoms with Gasteiger partial charge in [-0.05, 0) is 44.0 Å². The Balaban J connectivity index is 1.43. The average Bonchev–Trinajstić information content (AvgIpc) is 3.08. The zero-order valence-electron chi connectivity index (χ0n) is 17.0. The monoisotopic (exact) mass is 379 g/mol. The molecule has 0 spiro atoms. The van der Waals surface area contributed by atoms with Gasteiger partial charge >= 0.3 is 0 Å².